The molecule has 0 bridgehead atoms. The van der Waals surface area contributed by atoms with Crippen LogP contribution < -0.4 is 0 Å². The van der Waals surface area contributed by atoms with E-state index in [1.807, 2.05) is 0 Å². The largest absolute Gasteiger partial charge is 0.300 e. The predicted octanol–water partition coefficient (Wildman–Crippen LogP) is 1.06. The normalized spacial score (nSPS) is 15.1. The molecule has 0 aromatic heterocycles. The van der Waals surface area contributed by atoms with E-state index in [0.29, 0.717) is 13.0 Å². The molecule has 0 aromatic rings. The van der Waals surface area contributed by atoms with Gasteiger partial charge in [-0.05, 0) is 19.8 Å². The van der Waals surface area contributed by atoms with Gasteiger partial charge in [-0.15, -0.1) is 0 Å². The zero-order valence-electron chi connectivity index (χ0n) is 8.86. The summed E-state index contributed by atoms with van der Waals surface area (Å²) in [4.78, 5) is 34.1. The van der Waals surface area contributed by atoms with Crippen LogP contribution in [0.4, 0.5) is 0 Å². The lowest BCUT2D eigenvalue weighted by atomic mass is 10.1. The summed E-state index contributed by atoms with van der Waals surface area (Å²) in [6.45, 7) is 2.03. The zero-order chi connectivity index (χ0) is 11.3. The van der Waals surface area contributed by atoms with Gasteiger partial charge in [0.25, 0.3) is 11.8 Å². The molecular formula is C11H15NO3. The molecule has 0 aliphatic carbocycles. The van der Waals surface area contributed by atoms with Crippen molar-refractivity contribution in [1.82, 2.24) is 4.90 Å². The second kappa shape index (κ2) is 5.44. The molecule has 0 N–H and O–H groups in total. The first-order valence-corrected chi connectivity index (χ1v) is 5.14. The van der Waals surface area contributed by atoms with Crippen molar-refractivity contribution in [3.63, 3.8) is 0 Å². The Morgan fingerprint density at radius 3 is 2.27 bits per heavy atom. The van der Waals surface area contributed by atoms with Gasteiger partial charge in [-0.2, -0.15) is 0 Å². The Hall–Kier alpha value is -1.45. The molecule has 1 rings (SSSR count). The summed E-state index contributed by atoms with van der Waals surface area (Å²) in [7, 11) is 0. The average Bonchev–Trinajstić information content (AvgIpc) is 2.47. The molecule has 4 heteroatoms. The number of Topliss-reactive ketones (excluding diaryl/α,β-unsaturated/α-hetero) is 1. The van der Waals surface area contributed by atoms with Crippen LogP contribution in [-0.2, 0) is 14.4 Å². The first-order chi connectivity index (χ1) is 7.11. The van der Waals surface area contributed by atoms with Crippen LogP contribution in [0.25, 0.3) is 0 Å². The molecule has 0 spiro atoms. The predicted molar refractivity (Wildman–Crippen MR) is 55.0 cm³/mol. The first kappa shape index (κ1) is 11.6. The smallest absolute Gasteiger partial charge is 0.253 e. The lowest BCUT2D eigenvalue weighted by Gasteiger charge is -2.12. The molecule has 4 nitrogen and oxygen atoms in total. The fraction of sp³-hybridized carbons (Fsp3) is 0.545. The van der Waals surface area contributed by atoms with E-state index in [2.05, 4.69) is 0 Å². The molecule has 2 amide bonds. The molecule has 0 atom stereocenters. The molecular weight excluding hydrogens is 194 g/mol. The Morgan fingerprint density at radius 2 is 1.73 bits per heavy atom. The molecule has 1 heterocycles. The van der Waals surface area contributed by atoms with Crippen LogP contribution >= 0.6 is 0 Å². The number of unbranched alkanes of at least 4 members (excludes halogenated alkanes) is 2. The minimum atomic E-state index is -0.230. The number of amides is 2. The standard InChI is InChI=1S/C11H15NO3/c1-9(13)5-3-2-4-8-12-10(14)6-7-11(12)15/h6-7H,2-5,8H2,1H3. The molecule has 1 aliphatic heterocycles. The quantitative estimate of drug-likeness (QED) is 0.485. The summed E-state index contributed by atoms with van der Waals surface area (Å²) in [5.41, 5.74) is 0. The van der Waals surface area contributed by atoms with Crippen LogP contribution in [0.2, 0.25) is 0 Å². The van der Waals surface area contributed by atoms with Gasteiger partial charge in [0, 0.05) is 25.1 Å². The molecule has 1 aliphatic rings. The van der Waals surface area contributed by atoms with E-state index in [1.54, 1.807) is 6.92 Å². The van der Waals surface area contributed by atoms with Crippen molar-refractivity contribution >= 4 is 17.6 Å². The maximum Gasteiger partial charge on any atom is 0.253 e. The van der Waals surface area contributed by atoms with Crippen LogP contribution in [0.5, 0.6) is 0 Å². The Labute approximate surface area is 88.9 Å². The molecule has 0 saturated carbocycles. The Balaban J connectivity index is 2.13. The van der Waals surface area contributed by atoms with Crippen LogP contribution in [-0.4, -0.2) is 29.0 Å². The summed E-state index contributed by atoms with van der Waals surface area (Å²) < 4.78 is 0. The maximum absolute atomic E-state index is 11.1. The van der Waals surface area contributed by atoms with Crippen LogP contribution in [0.3, 0.4) is 0 Å². The van der Waals surface area contributed by atoms with Crippen LogP contribution in [0.1, 0.15) is 32.6 Å². The van der Waals surface area contributed by atoms with Crippen molar-refractivity contribution in [1.29, 1.82) is 0 Å². The maximum atomic E-state index is 11.1. The third-order valence-corrected chi connectivity index (χ3v) is 2.31. The van der Waals surface area contributed by atoms with Gasteiger partial charge >= 0.3 is 0 Å². The molecule has 15 heavy (non-hydrogen) atoms. The highest BCUT2D eigenvalue weighted by Gasteiger charge is 2.21. The van der Waals surface area contributed by atoms with Crippen molar-refractivity contribution in [2.45, 2.75) is 32.6 Å². The second-order valence-electron chi connectivity index (χ2n) is 3.67. The number of hydrogen-bond donors (Lipinski definition) is 0. The highest BCUT2D eigenvalue weighted by atomic mass is 16.2. The molecule has 0 fully saturated rings. The van der Waals surface area contributed by atoms with Crippen molar-refractivity contribution in [3.05, 3.63) is 12.2 Å². The van der Waals surface area contributed by atoms with E-state index in [9.17, 15) is 14.4 Å². The Bertz CT molecular complexity index is 289. The fourth-order valence-corrected chi connectivity index (χ4v) is 1.47. The van der Waals surface area contributed by atoms with Gasteiger partial charge in [0.05, 0.1) is 0 Å². The molecule has 0 unspecified atom stereocenters. The number of carbonyl (C=O) groups excluding carboxylic acids is 3. The number of rotatable bonds is 6. The SMILES string of the molecule is CC(=O)CCCCCN1C(=O)C=CC1=O. The van der Waals surface area contributed by atoms with Gasteiger partial charge in [-0.3, -0.25) is 14.5 Å². The third kappa shape index (κ3) is 3.65. The van der Waals surface area contributed by atoms with Crippen LogP contribution in [0.15, 0.2) is 12.2 Å². The van der Waals surface area contributed by atoms with Gasteiger partial charge in [-0.25, -0.2) is 0 Å². The summed E-state index contributed by atoms with van der Waals surface area (Å²) in [5, 5.41) is 0. The highest BCUT2D eigenvalue weighted by molar-refractivity contribution is 6.12. The van der Waals surface area contributed by atoms with E-state index in [4.69, 9.17) is 0 Å². The van der Waals surface area contributed by atoms with Gasteiger partial charge in [0.1, 0.15) is 5.78 Å². The fourth-order valence-electron chi connectivity index (χ4n) is 1.47. The summed E-state index contributed by atoms with van der Waals surface area (Å²) in [5.74, 6) is -0.275. The van der Waals surface area contributed by atoms with Crippen LogP contribution in [0, 0.1) is 0 Å². The first-order valence-electron chi connectivity index (χ1n) is 5.14. The molecule has 0 saturated heterocycles. The average molecular weight is 209 g/mol. The molecule has 0 radical (unpaired) electrons. The Morgan fingerprint density at radius 1 is 1.13 bits per heavy atom. The van der Waals surface area contributed by atoms with Gasteiger partial charge in [0.15, 0.2) is 0 Å². The van der Waals surface area contributed by atoms with E-state index in [-0.39, 0.29) is 17.6 Å². The van der Waals surface area contributed by atoms with E-state index < -0.39 is 0 Å². The lowest BCUT2D eigenvalue weighted by molar-refractivity contribution is -0.136. The summed E-state index contributed by atoms with van der Waals surface area (Å²) in [6.07, 6.45) is 5.64. The number of carbonyl (C=O) groups is 3. The molecule has 82 valence electrons. The summed E-state index contributed by atoms with van der Waals surface area (Å²) in [6, 6.07) is 0. The number of hydrogen-bond acceptors (Lipinski definition) is 3. The van der Waals surface area contributed by atoms with E-state index >= 15 is 0 Å². The van der Waals surface area contributed by atoms with Crippen molar-refractivity contribution in [3.8, 4) is 0 Å². The van der Waals surface area contributed by atoms with Crippen molar-refractivity contribution < 1.29 is 14.4 Å². The minimum Gasteiger partial charge on any atom is -0.300 e. The minimum absolute atomic E-state index is 0.185. The highest BCUT2D eigenvalue weighted by Crippen LogP contribution is 2.07. The summed E-state index contributed by atoms with van der Waals surface area (Å²) >= 11 is 0. The van der Waals surface area contributed by atoms with E-state index in [0.717, 1.165) is 19.3 Å². The van der Waals surface area contributed by atoms with E-state index in [1.165, 1.54) is 17.1 Å². The number of imide groups is 1. The monoisotopic (exact) mass is 209 g/mol. The third-order valence-electron chi connectivity index (χ3n) is 2.31. The Kier molecular flexibility index (Phi) is 4.21. The van der Waals surface area contributed by atoms with Gasteiger partial charge < -0.3 is 4.79 Å². The second-order valence-corrected chi connectivity index (χ2v) is 3.67. The number of ketones is 1. The number of nitrogens with zero attached hydrogens (tertiary/aromatic N) is 1. The van der Waals surface area contributed by atoms with Gasteiger partial charge in [0.2, 0.25) is 0 Å². The molecule has 0 aromatic carbocycles. The lowest BCUT2D eigenvalue weighted by Crippen LogP contribution is -2.30. The van der Waals surface area contributed by atoms with Crippen molar-refractivity contribution in [2.75, 3.05) is 6.54 Å². The zero-order valence-corrected chi connectivity index (χ0v) is 8.86. The van der Waals surface area contributed by atoms with Crippen molar-refractivity contribution in [2.24, 2.45) is 0 Å². The topological polar surface area (TPSA) is 54.5 Å². The van der Waals surface area contributed by atoms with Gasteiger partial charge in [-0.1, -0.05) is 6.42 Å².